The summed E-state index contributed by atoms with van der Waals surface area (Å²) < 4.78 is 5.63. The number of hydrogen-bond acceptors (Lipinski definition) is 3. The number of aliphatic carboxylic acids is 1. The molecule has 3 rings (SSSR count). The Bertz CT molecular complexity index is 792. The monoisotopic (exact) mass is 343 g/mol. The maximum absolute atomic E-state index is 12.9. The number of carbonyl (C=O) groups excluding carboxylic acids is 1. The quantitative estimate of drug-likeness (QED) is 0.895. The van der Waals surface area contributed by atoms with E-state index < -0.39 is 5.97 Å². The fraction of sp³-hybridized carbons (Fsp3) is 0.500. The molecule has 1 unspecified atom stereocenters. The molecule has 1 amide bonds. The number of rotatable bonds is 5. The molecule has 0 bridgehead atoms. The molecular formula is C20H25NO4. The van der Waals surface area contributed by atoms with Crippen LogP contribution in [0.25, 0.3) is 11.0 Å². The number of carboxylic acid groups (broad SMARTS) is 1. The molecule has 134 valence electrons. The van der Waals surface area contributed by atoms with E-state index in [9.17, 15) is 9.59 Å². The van der Waals surface area contributed by atoms with Crippen LogP contribution in [0.2, 0.25) is 0 Å². The van der Waals surface area contributed by atoms with E-state index in [-0.39, 0.29) is 18.4 Å². The molecule has 25 heavy (non-hydrogen) atoms. The number of carboxylic acids is 1. The number of aryl methyl sites for hydroxylation is 2. The van der Waals surface area contributed by atoms with Crippen molar-refractivity contribution in [2.75, 3.05) is 6.54 Å². The number of likely N-dealkylation sites (tertiary alicyclic amines) is 1. The first kappa shape index (κ1) is 17.5. The van der Waals surface area contributed by atoms with Crippen molar-refractivity contribution in [3.8, 4) is 0 Å². The minimum absolute atomic E-state index is 0.0412. The van der Waals surface area contributed by atoms with Crippen LogP contribution in [0.4, 0.5) is 0 Å². The Kier molecular flexibility index (Phi) is 5.11. The molecule has 1 aliphatic rings. The van der Waals surface area contributed by atoms with Crippen molar-refractivity contribution in [2.45, 2.75) is 58.4 Å². The highest BCUT2D eigenvalue weighted by Crippen LogP contribution is 2.27. The normalized spacial score (nSPS) is 17.8. The van der Waals surface area contributed by atoms with Gasteiger partial charge in [-0.3, -0.25) is 9.59 Å². The van der Waals surface area contributed by atoms with Crippen LogP contribution in [-0.4, -0.2) is 34.5 Å². The topological polar surface area (TPSA) is 70.8 Å². The molecule has 5 heteroatoms. The number of piperidine rings is 1. The predicted molar refractivity (Wildman–Crippen MR) is 95.6 cm³/mol. The summed E-state index contributed by atoms with van der Waals surface area (Å²) in [4.78, 5) is 25.6. The minimum Gasteiger partial charge on any atom is -0.481 e. The van der Waals surface area contributed by atoms with E-state index in [1.165, 1.54) is 11.1 Å². The van der Waals surface area contributed by atoms with Gasteiger partial charge in [-0.2, -0.15) is 0 Å². The summed E-state index contributed by atoms with van der Waals surface area (Å²) in [5, 5.41) is 9.92. The van der Waals surface area contributed by atoms with Crippen LogP contribution in [0.3, 0.4) is 0 Å². The Morgan fingerprint density at radius 2 is 2.00 bits per heavy atom. The largest absolute Gasteiger partial charge is 0.481 e. The van der Waals surface area contributed by atoms with E-state index in [1.807, 2.05) is 17.9 Å². The first-order valence-electron chi connectivity index (χ1n) is 8.94. The summed E-state index contributed by atoms with van der Waals surface area (Å²) in [6.45, 7) is 4.82. The van der Waals surface area contributed by atoms with Crippen LogP contribution in [0.1, 0.15) is 48.8 Å². The van der Waals surface area contributed by atoms with Crippen LogP contribution < -0.4 is 0 Å². The molecule has 5 nitrogen and oxygen atoms in total. The second-order valence-corrected chi connectivity index (χ2v) is 7.04. The van der Waals surface area contributed by atoms with Gasteiger partial charge in [0.15, 0.2) is 0 Å². The first-order valence-corrected chi connectivity index (χ1v) is 8.94. The van der Waals surface area contributed by atoms with Crippen LogP contribution in [0, 0.1) is 13.8 Å². The number of furan rings is 1. The average Bonchev–Trinajstić information content (AvgIpc) is 2.95. The summed E-state index contributed by atoms with van der Waals surface area (Å²) in [6.07, 6.45) is 5.56. The molecule has 1 atom stereocenters. The van der Waals surface area contributed by atoms with E-state index in [4.69, 9.17) is 9.52 Å². The van der Waals surface area contributed by atoms with Gasteiger partial charge in [0.05, 0.1) is 12.7 Å². The lowest BCUT2D eigenvalue weighted by molar-refractivity contribution is -0.139. The van der Waals surface area contributed by atoms with Crippen LogP contribution >= 0.6 is 0 Å². The van der Waals surface area contributed by atoms with Crippen molar-refractivity contribution in [3.05, 3.63) is 35.1 Å². The minimum atomic E-state index is -0.801. The molecule has 0 saturated carbocycles. The molecule has 1 N–H and O–H groups in total. The van der Waals surface area contributed by atoms with Gasteiger partial charge in [0.2, 0.25) is 5.91 Å². The molecule has 0 radical (unpaired) electrons. The molecular weight excluding hydrogens is 318 g/mol. The van der Waals surface area contributed by atoms with E-state index in [0.29, 0.717) is 12.8 Å². The first-order chi connectivity index (χ1) is 12.0. The Hall–Kier alpha value is -2.30. The zero-order valence-corrected chi connectivity index (χ0v) is 14.9. The van der Waals surface area contributed by atoms with Crippen molar-refractivity contribution in [3.63, 3.8) is 0 Å². The third-order valence-electron chi connectivity index (χ3n) is 5.25. The molecule has 1 aromatic heterocycles. The maximum atomic E-state index is 12.9. The predicted octanol–water partition coefficient (Wildman–Crippen LogP) is 3.84. The van der Waals surface area contributed by atoms with Crippen molar-refractivity contribution in [1.29, 1.82) is 0 Å². The number of amides is 1. The van der Waals surface area contributed by atoms with Crippen molar-refractivity contribution >= 4 is 22.8 Å². The number of nitrogens with zero attached hydrogens (tertiary/aromatic N) is 1. The molecule has 1 aliphatic heterocycles. The third-order valence-corrected chi connectivity index (χ3v) is 5.25. The Balaban J connectivity index is 1.76. The highest BCUT2D eigenvalue weighted by molar-refractivity contribution is 5.88. The third kappa shape index (κ3) is 3.86. The van der Waals surface area contributed by atoms with Gasteiger partial charge < -0.3 is 14.4 Å². The van der Waals surface area contributed by atoms with Crippen LogP contribution in [0.5, 0.6) is 0 Å². The van der Waals surface area contributed by atoms with E-state index in [1.54, 1.807) is 6.26 Å². The van der Waals surface area contributed by atoms with Gasteiger partial charge in [-0.05, 0) is 62.8 Å². The summed E-state index contributed by atoms with van der Waals surface area (Å²) in [7, 11) is 0. The lowest BCUT2D eigenvalue weighted by atomic mass is 9.96. The van der Waals surface area contributed by atoms with Gasteiger partial charge in [-0.15, -0.1) is 0 Å². The Morgan fingerprint density at radius 1 is 1.24 bits per heavy atom. The molecule has 2 aromatic rings. The smallest absolute Gasteiger partial charge is 0.303 e. The SMILES string of the molecule is Cc1cc2occ(CC(=O)N3CCCCC3CCC(=O)O)c2cc1C. The van der Waals surface area contributed by atoms with E-state index in [0.717, 1.165) is 42.3 Å². The van der Waals surface area contributed by atoms with Crippen molar-refractivity contribution < 1.29 is 19.1 Å². The number of carbonyl (C=O) groups is 2. The van der Waals surface area contributed by atoms with Gasteiger partial charge in [-0.25, -0.2) is 0 Å². The molecule has 2 heterocycles. The lowest BCUT2D eigenvalue weighted by Crippen LogP contribution is -2.44. The zero-order chi connectivity index (χ0) is 18.0. The van der Waals surface area contributed by atoms with Gasteiger partial charge >= 0.3 is 5.97 Å². The summed E-state index contributed by atoms with van der Waals surface area (Å²) in [5.41, 5.74) is 4.07. The zero-order valence-electron chi connectivity index (χ0n) is 14.9. The molecule has 1 fully saturated rings. The van der Waals surface area contributed by atoms with E-state index >= 15 is 0 Å². The van der Waals surface area contributed by atoms with Crippen molar-refractivity contribution in [2.24, 2.45) is 0 Å². The second-order valence-electron chi connectivity index (χ2n) is 7.04. The maximum Gasteiger partial charge on any atom is 0.303 e. The fourth-order valence-corrected chi connectivity index (χ4v) is 3.66. The Morgan fingerprint density at radius 3 is 2.76 bits per heavy atom. The summed E-state index contributed by atoms with van der Waals surface area (Å²) in [5.74, 6) is -0.735. The molecule has 1 aromatic carbocycles. The van der Waals surface area contributed by atoms with E-state index in [2.05, 4.69) is 13.0 Å². The summed E-state index contributed by atoms with van der Waals surface area (Å²) in [6, 6.07) is 4.13. The van der Waals surface area contributed by atoms with Gasteiger partial charge in [0, 0.05) is 30.0 Å². The standard InChI is InChI=1S/C20H25NO4/c1-13-9-17-15(12-25-18(17)10-14(13)2)11-19(22)21-8-4-3-5-16(21)6-7-20(23)24/h9-10,12,16H,3-8,11H2,1-2H3,(H,23,24). The number of hydrogen-bond donors (Lipinski definition) is 1. The van der Waals surface area contributed by atoms with Gasteiger partial charge in [0.1, 0.15) is 5.58 Å². The van der Waals surface area contributed by atoms with Crippen LogP contribution in [0.15, 0.2) is 22.8 Å². The van der Waals surface area contributed by atoms with Gasteiger partial charge in [-0.1, -0.05) is 0 Å². The summed E-state index contributed by atoms with van der Waals surface area (Å²) >= 11 is 0. The van der Waals surface area contributed by atoms with Gasteiger partial charge in [0.25, 0.3) is 0 Å². The molecule has 1 saturated heterocycles. The highest BCUT2D eigenvalue weighted by atomic mass is 16.4. The van der Waals surface area contributed by atoms with Crippen molar-refractivity contribution in [1.82, 2.24) is 4.90 Å². The second kappa shape index (κ2) is 7.30. The average molecular weight is 343 g/mol. The molecule has 0 spiro atoms. The fourth-order valence-electron chi connectivity index (χ4n) is 3.66. The molecule has 0 aliphatic carbocycles. The number of fused-ring (bicyclic) bond motifs is 1. The van der Waals surface area contributed by atoms with Crippen LogP contribution in [-0.2, 0) is 16.0 Å². The highest BCUT2D eigenvalue weighted by Gasteiger charge is 2.27. The lowest BCUT2D eigenvalue weighted by Gasteiger charge is -2.35. The number of benzene rings is 1. The Labute approximate surface area is 147 Å².